The Bertz CT molecular complexity index is 387. The largest absolute Gasteiger partial charge is 0.389 e. The molecule has 0 radical (unpaired) electrons. The van der Waals surface area contributed by atoms with E-state index < -0.39 is 6.10 Å². The first-order chi connectivity index (χ1) is 10.1. The predicted molar refractivity (Wildman–Crippen MR) is 91.5 cm³/mol. The van der Waals surface area contributed by atoms with Gasteiger partial charge in [0.15, 0.2) is 0 Å². The van der Waals surface area contributed by atoms with Crippen molar-refractivity contribution in [1.82, 2.24) is 5.32 Å². The van der Waals surface area contributed by atoms with Crippen molar-refractivity contribution in [2.24, 2.45) is 0 Å². The van der Waals surface area contributed by atoms with Gasteiger partial charge in [-0.05, 0) is 25.0 Å². The third-order valence-corrected chi connectivity index (χ3v) is 4.21. The van der Waals surface area contributed by atoms with E-state index in [4.69, 9.17) is 4.74 Å². The van der Waals surface area contributed by atoms with Gasteiger partial charge in [0.1, 0.15) is 0 Å². The second kappa shape index (κ2) is 11.2. The van der Waals surface area contributed by atoms with E-state index in [0.717, 1.165) is 17.5 Å². The van der Waals surface area contributed by atoms with Crippen molar-refractivity contribution in [3.8, 4) is 0 Å². The summed E-state index contributed by atoms with van der Waals surface area (Å²) in [7, 11) is 0. The Labute approximate surface area is 137 Å². The fourth-order valence-corrected chi connectivity index (χ4v) is 2.79. The highest BCUT2D eigenvalue weighted by molar-refractivity contribution is 9.10. The van der Waals surface area contributed by atoms with Crippen LogP contribution < -0.4 is 5.32 Å². The van der Waals surface area contributed by atoms with Gasteiger partial charge >= 0.3 is 0 Å². The van der Waals surface area contributed by atoms with Gasteiger partial charge in [0.25, 0.3) is 0 Å². The van der Waals surface area contributed by atoms with Crippen LogP contribution in [0.1, 0.15) is 51.1 Å². The molecule has 21 heavy (non-hydrogen) atoms. The number of benzene rings is 1. The molecule has 0 fully saturated rings. The summed E-state index contributed by atoms with van der Waals surface area (Å²) in [6, 6.07) is 8.33. The van der Waals surface area contributed by atoms with Gasteiger partial charge in [0.05, 0.1) is 12.7 Å². The molecule has 1 rings (SSSR count). The number of halogens is 1. The average Bonchev–Trinajstić information content (AvgIpc) is 2.49. The molecule has 0 spiro atoms. The van der Waals surface area contributed by atoms with E-state index in [2.05, 4.69) is 41.2 Å². The molecule has 2 N–H and O–H groups in total. The van der Waals surface area contributed by atoms with Crippen molar-refractivity contribution in [2.45, 2.75) is 51.7 Å². The maximum absolute atomic E-state index is 9.92. The number of nitrogens with one attached hydrogen (secondary N) is 1. The lowest BCUT2D eigenvalue weighted by Gasteiger charge is -2.18. The fourth-order valence-electron chi connectivity index (χ4n) is 2.16. The van der Waals surface area contributed by atoms with Crippen molar-refractivity contribution in [1.29, 1.82) is 0 Å². The molecule has 0 saturated heterocycles. The Balaban J connectivity index is 2.15. The van der Waals surface area contributed by atoms with Crippen LogP contribution in [0, 0.1) is 0 Å². The zero-order valence-corrected chi connectivity index (χ0v) is 14.7. The topological polar surface area (TPSA) is 41.5 Å². The normalized spacial score (nSPS) is 14.1. The van der Waals surface area contributed by atoms with Crippen LogP contribution in [-0.4, -0.2) is 31.0 Å². The van der Waals surface area contributed by atoms with Crippen molar-refractivity contribution >= 4 is 15.9 Å². The highest BCUT2D eigenvalue weighted by Crippen LogP contribution is 2.22. The number of rotatable bonds is 11. The van der Waals surface area contributed by atoms with Crippen LogP contribution in [0.2, 0.25) is 0 Å². The van der Waals surface area contributed by atoms with Crippen molar-refractivity contribution < 1.29 is 9.84 Å². The molecular formula is C17H28BrNO2. The van der Waals surface area contributed by atoms with Gasteiger partial charge in [0.2, 0.25) is 0 Å². The lowest BCUT2D eigenvalue weighted by Crippen LogP contribution is -2.32. The molecule has 4 heteroatoms. The molecule has 1 aromatic carbocycles. The minimum Gasteiger partial charge on any atom is -0.389 e. The number of unbranched alkanes of at least 4 members (excludes halogenated alkanes) is 3. The minimum atomic E-state index is -0.457. The summed E-state index contributed by atoms with van der Waals surface area (Å²) in [4.78, 5) is 0. The average molecular weight is 358 g/mol. The van der Waals surface area contributed by atoms with Crippen LogP contribution in [0.15, 0.2) is 28.7 Å². The van der Waals surface area contributed by atoms with Crippen LogP contribution >= 0.6 is 15.9 Å². The molecule has 0 bridgehead atoms. The molecule has 0 aliphatic rings. The second-order valence-corrected chi connectivity index (χ2v) is 6.30. The maximum Gasteiger partial charge on any atom is 0.0897 e. The first kappa shape index (κ1) is 18.6. The molecule has 1 unspecified atom stereocenters. The van der Waals surface area contributed by atoms with Crippen molar-refractivity contribution in [2.75, 3.05) is 19.8 Å². The molecular weight excluding hydrogens is 330 g/mol. The third kappa shape index (κ3) is 7.96. The number of hydrogen-bond donors (Lipinski definition) is 2. The fraction of sp³-hybridized carbons (Fsp3) is 0.647. The monoisotopic (exact) mass is 357 g/mol. The molecule has 0 aromatic heterocycles. The molecule has 2 atom stereocenters. The zero-order valence-electron chi connectivity index (χ0n) is 13.1. The molecule has 1 aromatic rings. The van der Waals surface area contributed by atoms with E-state index >= 15 is 0 Å². The van der Waals surface area contributed by atoms with E-state index in [0.29, 0.717) is 13.2 Å². The molecule has 0 aliphatic carbocycles. The Hall–Kier alpha value is -0.420. The summed E-state index contributed by atoms with van der Waals surface area (Å²) in [5.74, 6) is 0. The van der Waals surface area contributed by atoms with Crippen LogP contribution in [0.4, 0.5) is 0 Å². The second-order valence-electron chi connectivity index (χ2n) is 5.44. The van der Waals surface area contributed by atoms with Crippen LogP contribution in [0.25, 0.3) is 0 Å². The van der Waals surface area contributed by atoms with Crippen LogP contribution in [0.5, 0.6) is 0 Å². The number of aliphatic hydroxyl groups excluding tert-OH is 1. The number of ether oxygens (including phenoxy) is 1. The molecule has 0 amide bonds. The predicted octanol–water partition coefficient (Wildman–Crippen LogP) is 4.06. The summed E-state index contributed by atoms with van der Waals surface area (Å²) in [5.41, 5.74) is 1.20. The Morgan fingerprint density at radius 3 is 2.71 bits per heavy atom. The number of hydrogen-bond acceptors (Lipinski definition) is 3. The maximum atomic E-state index is 9.92. The van der Waals surface area contributed by atoms with Crippen molar-refractivity contribution in [3.63, 3.8) is 0 Å². The van der Waals surface area contributed by atoms with Crippen LogP contribution in [-0.2, 0) is 4.74 Å². The Morgan fingerprint density at radius 1 is 1.24 bits per heavy atom. The summed E-state index contributed by atoms with van der Waals surface area (Å²) in [6.07, 6.45) is 4.34. The molecule has 0 saturated carbocycles. The van der Waals surface area contributed by atoms with Gasteiger partial charge in [-0.3, -0.25) is 0 Å². The van der Waals surface area contributed by atoms with Gasteiger partial charge in [-0.1, -0.05) is 60.3 Å². The van der Waals surface area contributed by atoms with E-state index in [-0.39, 0.29) is 6.04 Å². The molecule has 120 valence electrons. The highest BCUT2D eigenvalue weighted by Gasteiger charge is 2.10. The van der Waals surface area contributed by atoms with Gasteiger partial charge in [0, 0.05) is 23.7 Å². The molecule has 3 nitrogen and oxygen atoms in total. The highest BCUT2D eigenvalue weighted by atomic mass is 79.9. The quantitative estimate of drug-likeness (QED) is 0.586. The van der Waals surface area contributed by atoms with E-state index in [1.807, 2.05) is 18.2 Å². The van der Waals surface area contributed by atoms with Gasteiger partial charge < -0.3 is 15.2 Å². The van der Waals surface area contributed by atoms with E-state index in [9.17, 15) is 5.11 Å². The third-order valence-electron chi connectivity index (χ3n) is 3.48. The Morgan fingerprint density at radius 2 is 2.00 bits per heavy atom. The lowest BCUT2D eigenvalue weighted by atomic mass is 10.1. The summed E-state index contributed by atoms with van der Waals surface area (Å²) in [5, 5.41) is 13.3. The summed E-state index contributed by atoms with van der Waals surface area (Å²) < 4.78 is 6.59. The first-order valence-electron chi connectivity index (χ1n) is 7.88. The van der Waals surface area contributed by atoms with E-state index in [1.165, 1.54) is 24.8 Å². The minimum absolute atomic E-state index is 0.194. The first-order valence-corrected chi connectivity index (χ1v) is 8.68. The molecule has 0 heterocycles. The SMILES string of the molecule is CCCCCCOCC(O)CN[C@@H](C)c1ccccc1Br. The van der Waals surface area contributed by atoms with Crippen molar-refractivity contribution in [3.05, 3.63) is 34.3 Å². The van der Waals surface area contributed by atoms with Gasteiger partial charge in [-0.2, -0.15) is 0 Å². The summed E-state index contributed by atoms with van der Waals surface area (Å²) >= 11 is 3.55. The van der Waals surface area contributed by atoms with Gasteiger partial charge in [-0.15, -0.1) is 0 Å². The van der Waals surface area contributed by atoms with Gasteiger partial charge in [-0.25, -0.2) is 0 Å². The Kier molecular flexibility index (Phi) is 9.92. The smallest absolute Gasteiger partial charge is 0.0897 e. The van der Waals surface area contributed by atoms with Crippen LogP contribution in [0.3, 0.4) is 0 Å². The summed E-state index contributed by atoms with van der Waals surface area (Å²) in [6.45, 7) is 5.98. The standard InChI is InChI=1S/C17H28BrNO2/c1-3-4-5-8-11-21-13-15(20)12-19-14(2)16-9-6-7-10-17(16)18/h6-7,9-10,14-15,19-20H,3-5,8,11-13H2,1-2H3/t14-,15?/m0/s1. The number of aliphatic hydroxyl groups is 1. The van der Waals surface area contributed by atoms with E-state index in [1.54, 1.807) is 0 Å². The zero-order chi connectivity index (χ0) is 15.5. The molecule has 0 aliphatic heterocycles. The lowest BCUT2D eigenvalue weighted by molar-refractivity contribution is 0.0343.